The molecule has 0 unspecified atom stereocenters. The van der Waals surface area contributed by atoms with Crippen LogP contribution >= 0.6 is 11.3 Å². The third-order valence-electron chi connectivity index (χ3n) is 5.50. The van der Waals surface area contributed by atoms with Crippen molar-refractivity contribution in [2.75, 3.05) is 18.0 Å². The zero-order valence-corrected chi connectivity index (χ0v) is 19.8. The predicted octanol–water partition coefficient (Wildman–Crippen LogP) is 4.31. The van der Waals surface area contributed by atoms with E-state index >= 15 is 0 Å². The highest BCUT2D eigenvalue weighted by Crippen LogP contribution is 2.32. The Kier molecular flexibility index (Phi) is 7.52. The first-order valence-corrected chi connectivity index (χ1v) is 11.9. The van der Waals surface area contributed by atoms with E-state index in [-0.39, 0.29) is 31.6 Å². The number of carbonyl (C=O) groups is 3. The quantitative estimate of drug-likeness (QED) is 0.438. The van der Waals surface area contributed by atoms with Crippen LogP contribution < -0.4 is 10.6 Å². The summed E-state index contributed by atoms with van der Waals surface area (Å²) in [4.78, 5) is 40.4. The summed E-state index contributed by atoms with van der Waals surface area (Å²) >= 11 is 1.41. The summed E-state index contributed by atoms with van der Waals surface area (Å²) in [6.45, 7) is 1.65. The number of aromatic nitrogens is 1. The van der Waals surface area contributed by atoms with E-state index in [4.69, 9.17) is 15.2 Å². The van der Waals surface area contributed by atoms with Crippen LogP contribution in [0.15, 0.2) is 47.8 Å². The van der Waals surface area contributed by atoms with Gasteiger partial charge in [-0.15, -0.1) is 11.3 Å². The maximum atomic E-state index is 15.0. The van der Waals surface area contributed by atoms with Crippen LogP contribution in [0.2, 0.25) is 0 Å². The normalized spacial score (nSPS) is 15.2. The number of ether oxygens (including phenoxy) is 2. The fourth-order valence-corrected chi connectivity index (χ4v) is 4.48. The molecule has 0 aliphatic carbocycles. The van der Waals surface area contributed by atoms with Gasteiger partial charge >= 0.3 is 12.1 Å². The summed E-state index contributed by atoms with van der Waals surface area (Å²) in [5, 5.41) is 2.55. The molecular weight excluding hydrogens is 473 g/mol. The number of anilines is 1. The zero-order valence-electron chi connectivity index (χ0n) is 19.0. The average Bonchev–Trinajstić information content (AvgIpc) is 3.48. The molecule has 1 amide bonds. The van der Waals surface area contributed by atoms with Crippen molar-refractivity contribution in [1.29, 1.82) is 0 Å². The van der Waals surface area contributed by atoms with Gasteiger partial charge in [-0.1, -0.05) is 24.3 Å². The van der Waals surface area contributed by atoms with Gasteiger partial charge in [0.25, 0.3) is 0 Å². The van der Waals surface area contributed by atoms with Gasteiger partial charge in [0.05, 0.1) is 24.5 Å². The number of halogens is 1. The largest absolute Gasteiger partial charge is 0.458 e. The minimum Gasteiger partial charge on any atom is -0.458 e. The Hall–Kier alpha value is -3.63. The fraction of sp³-hybridized carbons (Fsp3) is 0.280. The molecule has 1 aromatic heterocycles. The van der Waals surface area contributed by atoms with Crippen molar-refractivity contribution in [2.24, 2.45) is 5.73 Å². The van der Waals surface area contributed by atoms with Crippen LogP contribution in [0.4, 0.5) is 14.9 Å². The molecule has 0 bridgehead atoms. The van der Waals surface area contributed by atoms with Crippen molar-refractivity contribution in [3.63, 3.8) is 0 Å². The molecule has 1 aliphatic rings. The van der Waals surface area contributed by atoms with E-state index in [1.807, 2.05) is 12.1 Å². The number of nitrogens with two attached hydrogens (primary N) is 1. The first-order valence-electron chi connectivity index (χ1n) is 11.0. The van der Waals surface area contributed by atoms with Gasteiger partial charge in [-0.3, -0.25) is 9.69 Å². The Morgan fingerprint density at radius 1 is 1.23 bits per heavy atom. The number of hydrogen-bond acceptors (Lipinski definition) is 8. The standard InChI is InChI=1S/C25H24FN3O5S/c1-15(30)2-8-20-12-29(25(32)34-20)19-7-9-21(22(26)10-19)16-3-5-17(6-4-16)24-28-18(14-35-24)13-33-23(31)11-27/h3-7,9-10,14,20H,2,8,11-13,27H2,1H3/t20-/m0/s1. The monoisotopic (exact) mass is 497 g/mol. The third kappa shape index (κ3) is 5.90. The highest BCUT2D eigenvalue weighted by atomic mass is 32.1. The van der Waals surface area contributed by atoms with E-state index in [1.165, 1.54) is 29.2 Å². The van der Waals surface area contributed by atoms with Gasteiger partial charge in [0.1, 0.15) is 29.3 Å². The van der Waals surface area contributed by atoms with Gasteiger partial charge < -0.3 is 20.0 Å². The molecule has 4 rings (SSSR count). The predicted molar refractivity (Wildman–Crippen MR) is 129 cm³/mol. The number of benzene rings is 2. The number of carbonyl (C=O) groups excluding carboxylic acids is 3. The molecule has 3 aromatic rings. The molecule has 1 fully saturated rings. The number of nitrogens with zero attached hydrogens (tertiary/aromatic N) is 2. The molecule has 2 heterocycles. The summed E-state index contributed by atoms with van der Waals surface area (Å²) in [6, 6.07) is 11.9. The van der Waals surface area contributed by atoms with E-state index in [9.17, 15) is 18.8 Å². The van der Waals surface area contributed by atoms with Gasteiger partial charge in [0, 0.05) is 22.9 Å². The van der Waals surface area contributed by atoms with Crippen molar-refractivity contribution in [2.45, 2.75) is 32.5 Å². The smallest absolute Gasteiger partial charge is 0.414 e. The van der Waals surface area contributed by atoms with Crippen molar-refractivity contribution in [1.82, 2.24) is 4.98 Å². The van der Waals surface area contributed by atoms with Crippen molar-refractivity contribution >= 4 is 34.9 Å². The number of thiazole rings is 1. The minimum absolute atomic E-state index is 0.0317. The number of amides is 1. The molecule has 0 radical (unpaired) electrons. The van der Waals surface area contributed by atoms with Gasteiger partial charge in [-0.2, -0.15) is 0 Å². The molecule has 0 saturated carbocycles. The molecule has 1 atom stereocenters. The van der Waals surface area contributed by atoms with Gasteiger partial charge in [-0.25, -0.2) is 14.2 Å². The molecule has 8 nitrogen and oxygen atoms in total. The summed E-state index contributed by atoms with van der Waals surface area (Å²) in [7, 11) is 0. The number of rotatable bonds is 9. The molecule has 35 heavy (non-hydrogen) atoms. The average molecular weight is 498 g/mol. The van der Waals surface area contributed by atoms with Crippen LogP contribution in [0, 0.1) is 5.82 Å². The van der Waals surface area contributed by atoms with Gasteiger partial charge in [0.15, 0.2) is 0 Å². The van der Waals surface area contributed by atoms with E-state index < -0.39 is 17.9 Å². The molecule has 2 aromatic carbocycles. The maximum Gasteiger partial charge on any atom is 0.414 e. The molecular formula is C25H24FN3O5S. The van der Waals surface area contributed by atoms with Crippen LogP contribution in [0.5, 0.6) is 0 Å². The van der Waals surface area contributed by atoms with Crippen LogP contribution in [0.1, 0.15) is 25.5 Å². The molecule has 1 aliphatic heterocycles. The second-order valence-electron chi connectivity index (χ2n) is 8.11. The third-order valence-corrected chi connectivity index (χ3v) is 6.44. The van der Waals surface area contributed by atoms with E-state index in [1.54, 1.807) is 29.6 Å². The lowest BCUT2D eigenvalue weighted by Gasteiger charge is -2.14. The highest BCUT2D eigenvalue weighted by Gasteiger charge is 2.32. The summed E-state index contributed by atoms with van der Waals surface area (Å²) in [5.74, 6) is -0.927. The second kappa shape index (κ2) is 10.7. The van der Waals surface area contributed by atoms with E-state index in [0.717, 1.165) is 10.6 Å². The van der Waals surface area contributed by atoms with Crippen LogP contribution in [0.25, 0.3) is 21.7 Å². The Balaban J connectivity index is 1.44. The Morgan fingerprint density at radius 2 is 1.97 bits per heavy atom. The zero-order chi connectivity index (χ0) is 24.9. The van der Waals surface area contributed by atoms with Crippen molar-refractivity contribution in [3.05, 3.63) is 59.4 Å². The lowest BCUT2D eigenvalue weighted by atomic mass is 10.0. The summed E-state index contributed by atoms with van der Waals surface area (Å²) in [5.41, 5.74) is 8.18. The number of Topliss-reactive ketones (excluding diaryl/α,β-unsaturated/α-hetero) is 1. The SMILES string of the molecule is CC(=O)CC[C@H]1CN(c2ccc(-c3ccc(-c4nc(COC(=O)CN)cs4)cc3)c(F)c2)C(=O)O1. The molecule has 0 spiro atoms. The Labute approximate surface area is 205 Å². The number of hydrogen-bond donors (Lipinski definition) is 1. The van der Waals surface area contributed by atoms with Crippen molar-refractivity contribution in [3.8, 4) is 21.7 Å². The van der Waals surface area contributed by atoms with Crippen LogP contribution in [-0.2, 0) is 25.7 Å². The maximum absolute atomic E-state index is 15.0. The number of cyclic esters (lactones) is 1. The lowest BCUT2D eigenvalue weighted by molar-refractivity contribution is -0.143. The second-order valence-corrected chi connectivity index (χ2v) is 8.97. The Bertz CT molecular complexity index is 1240. The summed E-state index contributed by atoms with van der Waals surface area (Å²) in [6.07, 6.45) is -0.153. The molecule has 1 saturated heterocycles. The van der Waals surface area contributed by atoms with Crippen LogP contribution in [-0.4, -0.2) is 42.0 Å². The number of ketones is 1. The minimum atomic E-state index is -0.546. The molecule has 182 valence electrons. The first-order chi connectivity index (χ1) is 16.8. The van der Waals surface area contributed by atoms with Gasteiger partial charge in [0.2, 0.25) is 0 Å². The topological polar surface area (TPSA) is 112 Å². The highest BCUT2D eigenvalue weighted by molar-refractivity contribution is 7.13. The number of esters is 1. The fourth-order valence-electron chi connectivity index (χ4n) is 3.66. The molecule has 2 N–H and O–H groups in total. The van der Waals surface area contributed by atoms with E-state index in [0.29, 0.717) is 35.3 Å². The summed E-state index contributed by atoms with van der Waals surface area (Å²) < 4.78 is 25.3. The Morgan fingerprint density at radius 3 is 2.66 bits per heavy atom. The van der Waals surface area contributed by atoms with Gasteiger partial charge in [-0.05, 0) is 37.1 Å². The van der Waals surface area contributed by atoms with Crippen molar-refractivity contribution < 1.29 is 28.2 Å². The molecule has 10 heteroatoms. The van der Waals surface area contributed by atoms with Crippen LogP contribution in [0.3, 0.4) is 0 Å². The van der Waals surface area contributed by atoms with E-state index in [2.05, 4.69) is 4.98 Å². The lowest BCUT2D eigenvalue weighted by Crippen LogP contribution is -2.24. The first kappa shape index (κ1) is 24.5.